The lowest BCUT2D eigenvalue weighted by Gasteiger charge is -2.27. The molecule has 1 aliphatic heterocycles. The summed E-state index contributed by atoms with van der Waals surface area (Å²) < 4.78 is 2.12. The summed E-state index contributed by atoms with van der Waals surface area (Å²) in [6.07, 6.45) is 8.00. The van der Waals surface area contributed by atoms with Crippen LogP contribution in [0, 0.1) is 0 Å². The van der Waals surface area contributed by atoms with Gasteiger partial charge in [0.05, 0.1) is 11.9 Å². The lowest BCUT2D eigenvalue weighted by molar-refractivity contribution is -0.116. The molecule has 1 fully saturated rings. The maximum Gasteiger partial charge on any atom is 0.226 e. The molecule has 3 heterocycles. The Morgan fingerprint density at radius 3 is 2.69 bits per heavy atom. The topological polar surface area (TPSA) is 50.2 Å². The third kappa shape index (κ3) is 3.72. The first-order valence-electron chi connectivity index (χ1n) is 9.34. The molecule has 0 aliphatic carbocycles. The van der Waals surface area contributed by atoms with Crippen LogP contribution < -0.4 is 10.2 Å². The van der Waals surface area contributed by atoms with Crippen molar-refractivity contribution in [1.29, 1.82) is 0 Å². The highest BCUT2D eigenvalue weighted by atomic mass is 16.1. The van der Waals surface area contributed by atoms with Gasteiger partial charge in [-0.05, 0) is 48.9 Å². The maximum atomic E-state index is 12.3. The van der Waals surface area contributed by atoms with E-state index in [1.165, 1.54) is 24.6 Å². The molecule has 134 valence electrons. The molecule has 2 aromatic heterocycles. The van der Waals surface area contributed by atoms with E-state index in [0.717, 1.165) is 30.1 Å². The number of fused-ring (bicyclic) bond motifs is 1. The molecule has 0 saturated carbocycles. The van der Waals surface area contributed by atoms with Gasteiger partial charge >= 0.3 is 0 Å². The second-order valence-electron chi connectivity index (χ2n) is 6.82. The van der Waals surface area contributed by atoms with Crippen LogP contribution in [0.5, 0.6) is 0 Å². The molecule has 1 amide bonds. The fourth-order valence-corrected chi connectivity index (χ4v) is 3.55. The van der Waals surface area contributed by atoms with Gasteiger partial charge < -0.3 is 14.8 Å². The van der Waals surface area contributed by atoms with Gasteiger partial charge in [-0.1, -0.05) is 18.2 Å². The zero-order valence-corrected chi connectivity index (χ0v) is 14.9. The van der Waals surface area contributed by atoms with E-state index in [1.807, 2.05) is 30.5 Å². The molecule has 26 heavy (non-hydrogen) atoms. The summed E-state index contributed by atoms with van der Waals surface area (Å²) in [5.41, 5.74) is 1.92. The van der Waals surface area contributed by atoms with Crippen LogP contribution in [0.3, 0.4) is 0 Å². The summed E-state index contributed by atoms with van der Waals surface area (Å²) in [4.78, 5) is 19.1. The second-order valence-corrected chi connectivity index (χ2v) is 6.82. The third-order valence-electron chi connectivity index (χ3n) is 4.97. The van der Waals surface area contributed by atoms with E-state index in [1.54, 1.807) is 6.20 Å². The van der Waals surface area contributed by atoms with E-state index >= 15 is 0 Å². The van der Waals surface area contributed by atoms with E-state index < -0.39 is 0 Å². The van der Waals surface area contributed by atoms with Crippen molar-refractivity contribution in [3.8, 4) is 0 Å². The minimum atomic E-state index is 0.00954. The predicted octanol–water partition coefficient (Wildman–Crippen LogP) is 4.06. The van der Waals surface area contributed by atoms with Crippen LogP contribution >= 0.6 is 0 Å². The molecule has 0 spiro atoms. The lowest BCUT2D eigenvalue weighted by atomic mass is 10.1. The number of anilines is 2. The van der Waals surface area contributed by atoms with Crippen molar-refractivity contribution in [2.75, 3.05) is 23.3 Å². The molecule has 1 saturated heterocycles. The Kier molecular flexibility index (Phi) is 4.86. The molecular formula is C21H24N4O. The number of hydrogen-bond acceptors (Lipinski definition) is 3. The quantitative estimate of drug-likeness (QED) is 0.756. The van der Waals surface area contributed by atoms with Gasteiger partial charge in [0, 0.05) is 37.8 Å². The molecule has 1 aromatic carbocycles. The van der Waals surface area contributed by atoms with Gasteiger partial charge in [0.1, 0.15) is 5.82 Å². The van der Waals surface area contributed by atoms with Crippen LogP contribution in [0.15, 0.2) is 54.9 Å². The first kappa shape index (κ1) is 16.6. The van der Waals surface area contributed by atoms with Crippen LogP contribution in [0.2, 0.25) is 0 Å². The number of carbonyl (C=O) groups excluding carboxylic acids is 1. The fourth-order valence-electron chi connectivity index (χ4n) is 3.55. The average molecular weight is 348 g/mol. The number of nitrogens with zero attached hydrogens (tertiary/aromatic N) is 3. The number of amides is 1. The van der Waals surface area contributed by atoms with Gasteiger partial charge in [0.2, 0.25) is 5.91 Å². The van der Waals surface area contributed by atoms with Gasteiger partial charge in [-0.25, -0.2) is 4.98 Å². The zero-order chi connectivity index (χ0) is 17.8. The van der Waals surface area contributed by atoms with Crippen LogP contribution in [0.25, 0.3) is 10.9 Å². The molecule has 5 nitrogen and oxygen atoms in total. The fraction of sp³-hybridized carbons (Fsp3) is 0.333. The number of benzene rings is 1. The summed E-state index contributed by atoms with van der Waals surface area (Å²) in [7, 11) is 0. The molecule has 0 bridgehead atoms. The van der Waals surface area contributed by atoms with E-state index in [4.69, 9.17) is 0 Å². The molecular weight excluding hydrogens is 324 g/mol. The van der Waals surface area contributed by atoms with Gasteiger partial charge in [-0.3, -0.25) is 4.79 Å². The number of nitrogens with one attached hydrogen (secondary N) is 1. The standard InChI is InChI=1S/C21H24N4O/c26-21(11-15-24-14-10-17-6-2-3-7-19(17)24)23-18-8-9-20(22-16-18)25-12-4-1-5-13-25/h2-3,6-10,14,16H,1,4-5,11-13,15H2,(H,23,26). The van der Waals surface area contributed by atoms with Crippen molar-refractivity contribution in [1.82, 2.24) is 9.55 Å². The number of carbonyl (C=O) groups is 1. The normalized spacial score (nSPS) is 14.5. The van der Waals surface area contributed by atoms with E-state index in [0.29, 0.717) is 13.0 Å². The second kappa shape index (κ2) is 7.60. The van der Waals surface area contributed by atoms with Gasteiger partial charge in [0.25, 0.3) is 0 Å². The van der Waals surface area contributed by atoms with E-state index in [2.05, 4.69) is 38.0 Å². The number of piperidine rings is 1. The number of pyridine rings is 1. The third-order valence-corrected chi connectivity index (χ3v) is 4.97. The SMILES string of the molecule is O=C(CCn1ccc2ccccc21)Nc1ccc(N2CCCCC2)nc1. The highest BCUT2D eigenvalue weighted by Crippen LogP contribution is 2.19. The van der Waals surface area contributed by atoms with Crippen molar-refractivity contribution >= 4 is 28.3 Å². The average Bonchev–Trinajstić information content (AvgIpc) is 3.11. The number of aryl methyl sites for hydroxylation is 1. The highest BCUT2D eigenvalue weighted by molar-refractivity contribution is 5.90. The number of aromatic nitrogens is 2. The Balaban J connectivity index is 1.33. The van der Waals surface area contributed by atoms with Crippen molar-refractivity contribution in [2.24, 2.45) is 0 Å². The Morgan fingerprint density at radius 2 is 1.88 bits per heavy atom. The van der Waals surface area contributed by atoms with E-state index in [9.17, 15) is 4.79 Å². The summed E-state index contributed by atoms with van der Waals surface area (Å²) in [6, 6.07) is 14.2. The highest BCUT2D eigenvalue weighted by Gasteiger charge is 2.12. The molecule has 5 heteroatoms. The maximum absolute atomic E-state index is 12.3. The Labute approximate surface area is 153 Å². The Morgan fingerprint density at radius 1 is 1.04 bits per heavy atom. The number of hydrogen-bond donors (Lipinski definition) is 1. The van der Waals surface area contributed by atoms with Crippen molar-refractivity contribution in [3.63, 3.8) is 0 Å². The minimum Gasteiger partial charge on any atom is -0.357 e. The van der Waals surface area contributed by atoms with Crippen LogP contribution in [-0.4, -0.2) is 28.5 Å². The predicted molar refractivity (Wildman–Crippen MR) is 105 cm³/mol. The van der Waals surface area contributed by atoms with Gasteiger partial charge in [0.15, 0.2) is 0 Å². The van der Waals surface area contributed by atoms with Crippen LogP contribution in [0.1, 0.15) is 25.7 Å². The summed E-state index contributed by atoms with van der Waals surface area (Å²) in [6.45, 7) is 2.81. The summed E-state index contributed by atoms with van der Waals surface area (Å²) in [5, 5.41) is 4.15. The van der Waals surface area contributed by atoms with Crippen molar-refractivity contribution in [3.05, 3.63) is 54.9 Å². The minimum absolute atomic E-state index is 0.00954. The monoisotopic (exact) mass is 348 g/mol. The molecule has 0 radical (unpaired) electrons. The largest absolute Gasteiger partial charge is 0.357 e. The van der Waals surface area contributed by atoms with Crippen molar-refractivity contribution < 1.29 is 4.79 Å². The summed E-state index contributed by atoms with van der Waals surface area (Å²) >= 11 is 0. The zero-order valence-electron chi connectivity index (χ0n) is 14.9. The molecule has 4 rings (SSSR count). The molecule has 0 unspecified atom stereocenters. The Hall–Kier alpha value is -2.82. The van der Waals surface area contributed by atoms with Crippen LogP contribution in [-0.2, 0) is 11.3 Å². The molecule has 0 atom stereocenters. The van der Waals surface area contributed by atoms with Crippen LogP contribution in [0.4, 0.5) is 11.5 Å². The summed E-state index contributed by atoms with van der Waals surface area (Å²) in [5.74, 6) is 1.01. The number of para-hydroxylation sites is 1. The molecule has 3 aromatic rings. The smallest absolute Gasteiger partial charge is 0.226 e. The van der Waals surface area contributed by atoms with Gasteiger partial charge in [-0.15, -0.1) is 0 Å². The van der Waals surface area contributed by atoms with Crippen molar-refractivity contribution in [2.45, 2.75) is 32.2 Å². The molecule has 1 aliphatic rings. The van der Waals surface area contributed by atoms with Gasteiger partial charge in [-0.2, -0.15) is 0 Å². The van der Waals surface area contributed by atoms with E-state index in [-0.39, 0.29) is 5.91 Å². The first-order valence-corrected chi connectivity index (χ1v) is 9.34. The Bertz CT molecular complexity index is 878. The lowest BCUT2D eigenvalue weighted by Crippen LogP contribution is -2.30. The molecule has 1 N–H and O–H groups in total. The number of rotatable bonds is 5. The first-order chi connectivity index (χ1) is 12.8.